The summed E-state index contributed by atoms with van der Waals surface area (Å²) in [5, 5.41) is 0. The second kappa shape index (κ2) is 31.6. The molecule has 2 atom stereocenters. The minimum Gasteiger partial charge on any atom is -0.462 e. The van der Waals surface area contributed by atoms with Crippen LogP contribution in [0, 0.1) is 5.92 Å². The van der Waals surface area contributed by atoms with Gasteiger partial charge in [0.15, 0.2) is 0 Å². The minimum atomic E-state index is -0.00507. The van der Waals surface area contributed by atoms with E-state index in [1.165, 1.54) is 96.3 Å². The van der Waals surface area contributed by atoms with Gasteiger partial charge in [0.2, 0.25) is 0 Å². The molecule has 0 spiro atoms. The third kappa shape index (κ3) is 31.4. The monoisotopic (exact) mass is 574 g/mol. The molecule has 0 bridgehead atoms. The molecule has 41 heavy (non-hydrogen) atoms. The average Bonchev–Trinajstić information content (AvgIpc) is 2.95. The largest absolute Gasteiger partial charge is 0.462 e. The SMILES string of the molecule is CCCCCC=CCCCCC(CCC=CCCCC(C)CCC/C=C\CCCCC)OC(=O)CCCCN(C)C. The van der Waals surface area contributed by atoms with Crippen molar-refractivity contribution in [2.45, 2.75) is 175 Å². The topological polar surface area (TPSA) is 29.5 Å². The molecule has 0 aliphatic carbocycles. The number of hydrogen-bond acceptors (Lipinski definition) is 3. The summed E-state index contributed by atoms with van der Waals surface area (Å²) in [6, 6.07) is 0. The van der Waals surface area contributed by atoms with Gasteiger partial charge in [0.1, 0.15) is 6.10 Å². The van der Waals surface area contributed by atoms with Gasteiger partial charge in [-0.3, -0.25) is 4.79 Å². The number of rotatable bonds is 30. The van der Waals surface area contributed by atoms with Crippen molar-refractivity contribution >= 4 is 5.97 Å². The fourth-order valence-corrected chi connectivity index (χ4v) is 5.16. The highest BCUT2D eigenvalue weighted by molar-refractivity contribution is 5.69. The Morgan fingerprint density at radius 1 is 0.585 bits per heavy atom. The molecule has 0 saturated carbocycles. The van der Waals surface area contributed by atoms with Crippen LogP contribution in [0.5, 0.6) is 0 Å². The third-order valence-electron chi connectivity index (χ3n) is 7.92. The number of hydrogen-bond donors (Lipinski definition) is 0. The molecule has 0 radical (unpaired) electrons. The molecule has 0 aromatic carbocycles. The van der Waals surface area contributed by atoms with Crippen molar-refractivity contribution in [1.29, 1.82) is 0 Å². The standard InChI is InChI=1S/C38H71NO2/c1-6-8-10-12-14-16-18-22-26-32-37(41-38(40)34-28-29-35-39(4)5)33-27-23-19-21-25-31-36(3)30-24-20-17-15-13-11-9-7-2/h14-17,19,23,36-37H,6-13,18,20-22,24-35H2,1-5H3/b16-14?,17-15-,23-19?. The van der Waals surface area contributed by atoms with E-state index in [4.69, 9.17) is 4.74 Å². The molecule has 0 heterocycles. The first-order valence-electron chi connectivity index (χ1n) is 17.8. The van der Waals surface area contributed by atoms with Crippen molar-refractivity contribution in [3.8, 4) is 0 Å². The predicted molar refractivity (Wildman–Crippen MR) is 183 cm³/mol. The molecule has 3 nitrogen and oxygen atoms in total. The lowest BCUT2D eigenvalue weighted by Crippen LogP contribution is -2.19. The smallest absolute Gasteiger partial charge is 0.306 e. The Balaban J connectivity index is 4.20. The Kier molecular flexibility index (Phi) is 30.5. The third-order valence-corrected chi connectivity index (χ3v) is 7.92. The number of carbonyl (C=O) groups excluding carboxylic acids is 1. The number of carbonyl (C=O) groups is 1. The highest BCUT2D eigenvalue weighted by Crippen LogP contribution is 2.18. The van der Waals surface area contributed by atoms with E-state index in [2.05, 4.69) is 76.2 Å². The van der Waals surface area contributed by atoms with Gasteiger partial charge in [0.25, 0.3) is 0 Å². The number of ether oxygens (including phenoxy) is 1. The van der Waals surface area contributed by atoms with Gasteiger partial charge < -0.3 is 9.64 Å². The van der Waals surface area contributed by atoms with Crippen LogP contribution in [0.25, 0.3) is 0 Å². The van der Waals surface area contributed by atoms with E-state index in [0.717, 1.165) is 57.4 Å². The molecule has 0 fully saturated rings. The summed E-state index contributed by atoms with van der Waals surface area (Å²) < 4.78 is 5.96. The van der Waals surface area contributed by atoms with E-state index in [-0.39, 0.29) is 12.1 Å². The molecular formula is C38H71NO2. The van der Waals surface area contributed by atoms with Crippen molar-refractivity contribution in [1.82, 2.24) is 4.90 Å². The minimum absolute atomic E-state index is 0.00507. The molecule has 0 amide bonds. The number of unbranched alkanes of at least 4 members (excludes halogenated alkanes) is 11. The summed E-state index contributed by atoms with van der Waals surface area (Å²) in [4.78, 5) is 14.7. The Labute approximate surface area is 257 Å². The molecular weight excluding hydrogens is 502 g/mol. The number of allylic oxidation sites excluding steroid dienone is 6. The van der Waals surface area contributed by atoms with Crippen LogP contribution in [-0.4, -0.2) is 37.6 Å². The van der Waals surface area contributed by atoms with E-state index in [9.17, 15) is 4.79 Å². The van der Waals surface area contributed by atoms with Gasteiger partial charge in [-0.25, -0.2) is 0 Å². The fourth-order valence-electron chi connectivity index (χ4n) is 5.16. The Hall–Kier alpha value is -1.35. The van der Waals surface area contributed by atoms with Crippen LogP contribution < -0.4 is 0 Å². The molecule has 2 unspecified atom stereocenters. The zero-order valence-corrected chi connectivity index (χ0v) is 28.4. The van der Waals surface area contributed by atoms with Crippen molar-refractivity contribution in [2.75, 3.05) is 20.6 Å². The van der Waals surface area contributed by atoms with E-state index in [1.54, 1.807) is 0 Å². The van der Waals surface area contributed by atoms with Crippen LogP contribution in [0.4, 0.5) is 0 Å². The first kappa shape index (κ1) is 39.6. The average molecular weight is 574 g/mol. The first-order chi connectivity index (χ1) is 20.0. The molecule has 0 aromatic rings. The van der Waals surface area contributed by atoms with Crippen LogP contribution in [0.2, 0.25) is 0 Å². The lowest BCUT2D eigenvalue weighted by atomic mass is 9.97. The Morgan fingerprint density at radius 2 is 1.07 bits per heavy atom. The fraction of sp³-hybridized carbons (Fsp3) is 0.816. The van der Waals surface area contributed by atoms with E-state index in [0.29, 0.717) is 6.42 Å². The molecule has 0 saturated heterocycles. The quantitative estimate of drug-likeness (QED) is 0.0486. The number of nitrogens with zero attached hydrogens (tertiary/aromatic N) is 1. The van der Waals surface area contributed by atoms with Gasteiger partial charge in [-0.15, -0.1) is 0 Å². The normalized spacial score (nSPS) is 13.7. The van der Waals surface area contributed by atoms with Gasteiger partial charge in [0, 0.05) is 6.42 Å². The van der Waals surface area contributed by atoms with Crippen molar-refractivity contribution < 1.29 is 9.53 Å². The zero-order chi connectivity index (χ0) is 30.2. The molecule has 0 aliphatic rings. The van der Waals surface area contributed by atoms with Crippen LogP contribution in [0.3, 0.4) is 0 Å². The summed E-state index contributed by atoms with van der Waals surface area (Å²) >= 11 is 0. The second-order valence-electron chi connectivity index (χ2n) is 12.6. The molecule has 0 N–H and O–H groups in total. The lowest BCUT2D eigenvalue weighted by molar-refractivity contribution is -0.149. The van der Waals surface area contributed by atoms with Crippen LogP contribution in [-0.2, 0) is 9.53 Å². The summed E-state index contributed by atoms with van der Waals surface area (Å²) in [7, 11) is 4.16. The lowest BCUT2D eigenvalue weighted by Gasteiger charge is -2.17. The van der Waals surface area contributed by atoms with E-state index in [1.807, 2.05) is 0 Å². The molecule has 240 valence electrons. The Morgan fingerprint density at radius 3 is 1.59 bits per heavy atom. The van der Waals surface area contributed by atoms with Gasteiger partial charge >= 0.3 is 5.97 Å². The van der Waals surface area contributed by atoms with Crippen LogP contribution in [0.1, 0.15) is 168 Å². The maximum absolute atomic E-state index is 12.5. The van der Waals surface area contributed by atoms with Crippen molar-refractivity contribution in [3.05, 3.63) is 36.5 Å². The van der Waals surface area contributed by atoms with Crippen molar-refractivity contribution in [3.63, 3.8) is 0 Å². The van der Waals surface area contributed by atoms with Crippen molar-refractivity contribution in [2.24, 2.45) is 5.92 Å². The van der Waals surface area contributed by atoms with E-state index >= 15 is 0 Å². The highest BCUT2D eigenvalue weighted by atomic mass is 16.5. The number of esters is 1. The van der Waals surface area contributed by atoms with Crippen LogP contribution in [0.15, 0.2) is 36.5 Å². The second-order valence-corrected chi connectivity index (χ2v) is 12.6. The zero-order valence-electron chi connectivity index (χ0n) is 28.4. The van der Waals surface area contributed by atoms with Gasteiger partial charge in [-0.05, 0) is 129 Å². The molecule has 0 aromatic heterocycles. The molecule has 0 rings (SSSR count). The predicted octanol–water partition coefficient (Wildman–Crippen LogP) is 11.8. The van der Waals surface area contributed by atoms with Crippen LogP contribution >= 0.6 is 0 Å². The van der Waals surface area contributed by atoms with Gasteiger partial charge in [-0.2, -0.15) is 0 Å². The maximum Gasteiger partial charge on any atom is 0.306 e. The van der Waals surface area contributed by atoms with Gasteiger partial charge in [0.05, 0.1) is 0 Å². The van der Waals surface area contributed by atoms with E-state index < -0.39 is 0 Å². The summed E-state index contributed by atoms with van der Waals surface area (Å²) in [5.74, 6) is 0.819. The summed E-state index contributed by atoms with van der Waals surface area (Å²) in [6.45, 7) is 7.97. The molecule has 0 aliphatic heterocycles. The Bertz CT molecular complexity index is 636. The van der Waals surface area contributed by atoms with Gasteiger partial charge in [-0.1, -0.05) is 95.8 Å². The summed E-state index contributed by atoms with van der Waals surface area (Å²) in [5.41, 5.74) is 0. The first-order valence-corrected chi connectivity index (χ1v) is 17.8. The highest BCUT2D eigenvalue weighted by Gasteiger charge is 2.13. The summed E-state index contributed by atoms with van der Waals surface area (Å²) in [6.07, 6.45) is 41.3. The molecule has 3 heteroatoms. The maximum atomic E-state index is 12.5.